The lowest BCUT2D eigenvalue weighted by Crippen LogP contribution is -2.32. The molecular weight excluding hydrogens is 212 g/mol. The van der Waals surface area contributed by atoms with E-state index >= 15 is 0 Å². The third kappa shape index (κ3) is 1.16. The third-order valence-electron chi connectivity index (χ3n) is 3.43. The molecule has 0 bridgehead atoms. The molecule has 0 saturated carbocycles. The lowest BCUT2D eigenvalue weighted by atomic mass is 9.88. The maximum absolute atomic E-state index is 11.8. The van der Waals surface area contributed by atoms with Crippen LogP contribution in [-0.4, -0.2) is 10.9 Å². The van der Waals surface area contributed by atoms with Gasteiger partial charge < -0.3 is 5.11 Å². The molecule has 0 aliphatic heterocycles. The first kappa shape index (κ1) is 10.2. The fourth-order valence-corrected chi connectivity index (χ4v) is 2.59. The summed E-state index contributed by atoms with van der Waals surface area (Å²) in [4.78, 5) is 11.8. The molecule has 0 heterocycles. The number of hydrogen-bond acceptors (Lipinski definition) is 2. The number of hydrogen-bond donors (Lipinski definition) is 1. The number of ketones is 1. The van der Waals surface area contributed by atoms with Crippen LogP contribution in [0.1, 0.15) is 18.1 Å². The highest BCUT2D eigenvalue weighted by Gasteiger charge is 2.44. The van der Waals surface area contributed by atoms with Gasteiger partial charge in [0.05, 0.1) is 0 Å². The highest BCUT2D eigenvalue weighted by Crippen LogP contribution is 2.47. The van der Waals surface area contributed by atoms with Crippen molar-refractivity contribution in [2.75, 3.05) is 0 Å². The number of carbonyl (C=O) groups is 1. The van der Waals surface area contributed by atoms with Crippen molar-refractivity contribution in [2.24, 2.45) is 0 Å². The molecule has 2 aromatic rings. The van der Waals surface area contributed by atoms with E-state index in [1.807, 2.05) is 48.5 Å². The summed E-state index contributed by atoms with van der Waals surface area (Å²) in [6.07, 6.45) is 0. The van der Waals surface area contributed by atoms with E-state index < -0.39 is 5.60 Å². The second-order valence-corrected chi connectivity index (χ2v) is 4.36. The Morgan fingerprint density at radius 1 is 0.941 bits per heavy atom. The Morgan fingerprint density at radius 3 is 1.76 bits per heavy atom. The van der Waals surface area contributed by atoms with Crippen LogP contribution in [-0.2, 0) is 10.4 Å². The van der Waals surface area contributed by atoms with E-state index in [0.717, 1.165) is 11.1 Å². The first-order valence-electron chi connectivity index (χ1n) is 5.58. The van der Waals surface area contributed by atoms with Gasteiger partial charge in [0.25, 0.3) is 0 Å². The van der Waals surface area contributed by atoms with Gasteiger partial charge in [-0.2, -0.15) is 0 Å². The highest BCUT2D eigenvalue weighted by atomic mass is 16.3. The van der Waals surface area contributed by atoms with Crippen molar-refractivity contribution < 1.29 is 9.90 Å². The summed E-state index contributed by atoms with van der Waals surface area (Å²) in [7, 11) is 0. The van der Waals surface area contributed by atoms with Crippen LogP contribution >= 0.6 is 0 Å². The van der Waals surface area contributed by atoms with E-state index in [1.54, 1.807) is 0 Å². The van der Waals surface area contributed by atoms with Crippen molar-refractivity contribution in [3.63, 3.8) is 0 Å². The molecule has 0 amide bonds. The van der Waals surface area contributed by atoms with Crippen LogP contribution in [0.2, 0.25) is 0 Å². The second kappa shape index (κ2) is 3.28. The molecule has 2 nitrogen and oxygen atoms in total. The Labute approximate surface area is 99.5 Å². The molecule has 3 rings (SSSR count). The molecule has 2 aromatic carbocycles. The van der Waals surface area contributed by atoms with Crippen LogP contribution in [0.4, 0.5) is 0 Å². The predicted octanol–water partition coefficient (Wildman–Crippen LogP) is 2.49. The molecule has 0 atom stereocenters. The molecule has 1 N–H and O–H groups in total. The second-order valence-electron chi connectivity index (χ2n) is 4.36. The molecule has 17 heavy (non-hydrogen) atoms. The van der Waals surface area contributed by atoms with Gasteiger partial charge >= 0.3 is 0 Å². The predicted molar refractivity (Wildman–Crippen MR) is 65.6 cm³/mol. The molecule has 0 fully saturated rings. The summed E-state index contributed by atoms with van der Waals surface area (Å²) in [5.41, 5.74) is 1.79. The van der Waals surface area contributed by atoms with E-state index in [-0.39, 0.29) is 5.78 Å². The zero-order valence-electron chi connectivity index (χ0n) is 9.47. The third-order valence-corrected chi connectivity index (χ3v) is 3.43. The van der Waals surface area contributed by atoms with Crippen LogP contribution in [0.15, 0.2) is 48.5 Å². The number of Topliss-reactive ketones (excluding diaryl/α,β-unsaturated/α-hetero) is 1. The Bertz CT molecular complexity index is 568. The molecule has 0 aromatic heterocycles. The fourth-order valence-electron chi connectivity index (χ4n) is 2.59. The van der Waals surface area contributed by atoms with Gasteiger partial charge in [-0.25, -0.2) is 0 Å². The maximum Gasteiger partial charge on any atom is 0.174 e. The minimum Gasteiger partial charge on any atom is -0.373 e. The minimum absolute atomic E-state index is 0.241. The van der Waals surface area contributed by atoms with Crippen LogP contribution in [0.3, 0.4) is 0 Å². The van der Waals surface area contributed by atoms with Gasteiger partial charge in [-0.1, -0.05) is 48.5 Å². The van der Waals surface area contributed by atoms with Crippen molar-refractivity contribution in [3.8, 4) is 11.1 Å². The van der Waals surface area contributed by atoms with E-state index in [1.165, 1.54) is 6.92 Å². The van der Waals surface area contributed by atoms with Crippen molar-refractivity contribution in [2.45, 2.75) is 12.5 Å². The standard InChI is InChI=1S/C15H12O2/c1-10(16)15(17)13-8-4-2-6-11(13)12-7-3-5-9-14(12)15/h2-9,17H,1H3. The van der Waals surface area contributed by atoms with Gasteiger partial charge in [0.2, 0.25) is 0 Å². The zero-order valence-corrected chi connectivity index (χ0v) is 9.47. The van der Waals surface area contributed by atoms with Crippen LogP contribution in [0, 0.1) is 0 Å². The molecular formula is C15H12O2. The summed E-state index contributed by atoms with van der Waals surface area (Å²) >= 11 is 0. The summed E-state index contributed by atoms with van der Waals surface area (Å²) in [6, 6.07) is 15.0. The van der Waals surface area contributed by atoms with Crippen LogP contribution < -0.4 is 0 Å². The normalized spacial score (nSPS) is 15.2. The summed E-state index contributed by atoms with van der Waals surface area (Å²) in [5.74, 6) is -0.241. The molecule has 0 radical (unpaired) electrons. The van der Waals surface area contributed by atoms with Crippen molar-refractivity contribution in [1.29, 1.82) is 0 Å². The molecule has 84 valence electrons. The SMILES string of the molecule is CC(=O)C1(O)c2ccccc2-c2ccccc21. The summed E-state index contributed by atoms with van der Waals surface area (Å²) < 4.78 is 0. The topological polar surface area (TPSA) is 37.3 Å². The minimum atomic E-state index is -1.48. The number of rotatable bonds is 1. The van der Waals surface area contributed by atoms with Gasteiger partial charge in [-0.3, -0.25) is 4.79 Å². The average molecular weight is 224 g/mol. The molecule has 0 spiro atoms. The quantitative estimate of drug-likeness (QED) is 0.808. The fraction of sp³-hybridized carbons (Fsp3) is 0.133. The van der Waals surface area contributed by atoms with E-state index in [9.17, 15) is 9.90 Å². The smallest absolute Gasteiger partial charge is 0.174 e. The molecule has 1 aliphatic carbocycles. The lowest BCUT2D eigenvalue weighted by molar-refractivity contribution is -0.131. The first-order chi connectivity index (χ1) is 8.15. The molecule has 1 aliphatic rings. The van der Waals surface area contributed by atoms with E-state index in [2.05, 4.69) is 0 Å². The average Bonchev–Trinajstić information content (AvgIpc) is 2.63. The Kier molecular flexibility index (Phi) is 1.98. The van der Waals surface area contributed by atoms with Gasteiger partial charge in [0.1, 0.15) is 0 Å². The van der Waals surface area contributed by atoms with Crippen molar-refractivity contribution in [1.82, 2.24) is 0 Å². The lowest BCUT2D eigenvalue weighted by Gasteiger charge is -2.22. The highest BCUT2D eigenvalue weighted by molar-refractivity contribution is 5.98. The van der Waals surface area contributed by atoms with Gasteiger partial charge in [-0.05, 0) is 18.1 Å². The summed E-state index contributed by atoms with van der Waals surface area (Å²) in [5, 5.41) is 10.7. The zero-order chi connectivity index (χ0) is 12.0. The molecule has 2 heteroatoms. The molecule has 0 saturated heterocycles. The van der Waals surface area contributed by atoms with Crippen LogP contribution in [0.25, 0.3) is 11.1 Å². The molecule has 0 unspecified atom stereocenters. The van der Waals surface area contributed by atoms with E-state index in [4.69, 9.17) is 0 Å². The van der Waals surface area contributed by atoms with Crippen molar-refractivity contribution in [3.05, 3.63) is 59.7 Å². The number of fused-ring (bicyclic) bond motifs is 3. The monoisotopic (exact) mass is 224 g/mol. The Hall–Kier alpha value is -1.93. The van der Waals surface area contributed by atoms with Gasteiger partial charge in [-0.15, -0.1) is 0 Å². The van der Waals surface area contributed by atoms with Crippen LogP contribution in [0.5, 0.6) is 0 Å². The largest absolute Gasteiger partial charge is 0.373 e. The number of benzene rings is 2. The maximum atomic E-state index is 11.8. The van der Waals surface area contributed by atoms with Crippen molar-refractivity contribution >= 4 is 5.78 Å². The number of aliphatic hydroxyl groups is 1. The van der Waals surface area contributed by atoms with Gasteiger partial charge in [0.15, 0.2) is 11.4 Å². The number of carbonyl (C=O) groups excluding carboxylic acids is 1. The van der Waals surface area contributed by atoms with E-state index in [0.29, 0.717) is 11.1 Å². The first-order valence-corrected chi connectivity index (χ1v) is 5.58. The Morgan fingerprint density at radius 2 is 1.35 bits per heavy atom. The van der Waals surface area contributed by atoms with Gasteiger partial charge in [0, 0.05) is 11.1 Å². The summed E-state index contributed by atoms with van der Waals surface area (Å²) in [6.45, 7) is 1.43. The Balaban J connectivity index is 2.43.